The number of rotatable bonds is 2. The van der Waals surface area contributed by atoms with E-state index in [-0.39, 0.29) is 5.97 Å². The topological polar surface area (TPSA) is 44.1 Å². The Bertz CT molecular complexity index is 296. The molecule has 0 bridgehead atoms. The van der Waals surface area contributed by atoms with Crippen molar-refractivity contribution in [3.8, 4) is 0 Å². The van der Waals surface area contributed by atoms with Crippen LogP contribution in [0.2, 0.25) is 0 Å². The van der Waals surface area contributed by atoms with Crippen molar-refractivity contribution >= 4 is 21.9 Å². The molecular weight excluding hydrogens is 224 g/mol. The summed E-state index contributed by atoms with van der Waals surface area (Å²) in [6.45, 7) is 2.66. The molecule has 66 valence electrons. The highest BCUT2D eigenvalue weighted by atomic mass is 79.9. The molecule has 1 rings (SSSR count). The first-order valence-electron chi connectivity index (χ1n) is 3.50. The minimum Gasteiger partial charge on any atom is -0.465 e. The Morgan fingerprint density at radius 2 is 2.50 bits per heavy atom. The van der Waals surface area contributed by atoms with E-state index in [0.717, 1.165) is 6.54 Å². The number of hydrogen-bond donors (Lipinski definition) is 0. The van der Waals surface area contributed by atoms with Crippen LogP contribution in [0.1, 0.15) is 17.3 Å². The van der Waals surface area contributed by atoms with Crippen LogP contribution in [0.3, 0.4) is 0 Å². The van der Waals surface area contributed by atoms with Gasteiger partial charge >= 0.3 is 5.97 Å². The zero-order valence-electron chi connectivity index (χ0n) is 6.87. The lowest BCUT2D eigenvalue weighted by atomic mass is 10.4. The second-order valence-electron chi connectivity index (χ2n) is 2.16. The summed E-state index contributed by atoms with van der Waals surface area (Å²) in [6, 6.07) is 0. The summed E-state index contributed by atoms with van der Waals surface area (Å²) in [5.41, 5.74) is 0.458. The molecule has 12 heavy (non-hydrogen) atoms. The van der Waals surface area contributed by atoms with E-state index >= 15 is 0 Å². The van der Waals surface area contributed by atoms with Gasteiger partial charge in [0, 0.05) is 6.54 Å². The first kappa shape index (κ1) is 9.25. The van der Waals surface area contributed by atoms with Gasteiger partial charge in [0.05, 0.1) is 13.3 Å². The average Bonchev–Trinajstić information content (AvgIpc) is 2.45. The molecule has 1 aromatic rings. The summed E-state index contributed by atoms with van der Waals surface area (Å²) < 4.78 is 6.89. The SMILES string of the molecule is CCn1ncc(C(=O)OC)c1Br. The molecule has 1 heterocycles. The van der Waals surface area contributed by atoms with E-state index in [1.807, 2.05) is 6.92 Å². The van der Waals surface area contributed by atoms with Crippen LogP contribution in [0.4, 0.5) is 0 Å². The highest BCUT2D eigenvalue weighted by molar-refractivity contribution is 9.10. The summed E-state index contributed by atoms with van der Waals surface area (Å²) >= 11 is 3.25. The highest BCUT2D eigenvalue weighted by Gasteiger charge is 2.14. The molecule has 0 amide bonds. The number of methoxy groups -OCH3 is 1. The fraction of sp³-hybridized carbons (Fsp3) is 0.429. The number of halogens is 1. The van der Waals surface area contributed by atoms with Crippen LogP contribution in [0, 0.1) is 0 Å². The van der Waals surface area contributed by atoms with Crippen molar-refractivity contribution in [1.29, 1.82) is 0 Å². The Hall–Kier alpha value is -0.840. The van der Waals surface area contributed by atoms with Gasteiger partial charge in [0.25, 0.3) is 0 Å². The van der Waals surface area contributed by atoms with Crippen LogP contribution >= 0.6 is 15.9 Å². The number of carbonyl (C=O) groups excluding carboxylic acids is 1. The van der Waals surface area contributed by atoms with Gasteiger partial charge in [0.15, 0.2) is 0 Å². The predicted molar refractivity (Wildman–Crippen MR) is 46.9 cm³/mol. The van der Waals surface area contributed by atoms with Gasteiger partial charge in [0.1, 0.15) is 10.2 Å². The average molecular weight is 233 g/mol. The van der Waals surface area contributed by atoms with E-state index in [2.05, 4.69) is 25.8 Å². The lowest BCUT2D eigenvalue weighted by Gasteiger charge is -1.98. The molecule has 1 aromatic heterocycles. The number of esters is 1. The fourth-order valence-corrected chi connectivity index (χ4v) is 1.44. The predicted octanol–water partition coefficient (Wildman–Crippen LogP) is 1.45. The molecule has 0 aliphatic carbocycles. The Labute approximate surface area is 78.6 Å². The molecule has 0 N–H and O–H groups in total. The van der Waals surface area contributed by atoms with Crippen molar-refractivity contribution in [3.05, 3.63) is 16.4 Å². The van der Waals surface area contributed by atoms with Crippen LogP contribution in [-0.2, 0) is 11.3 Å². The van der Waals surface area contributed by atoms with Crippen molar-refractivity contribution in [3.63, 3.8) is 0 Å². The third-order valence-electron chi connectivity index (χ3n) is 1.48. The van der Waals surface area contributed by atoms with Crippen molar-refractivity contribution in [2.75, 3.05) is 7.11 Å². The first-order chi connectivity index (χ1) is 5.70. The van der Waals surface area contributed by atoms with Gasteiger partial charge < -0.3 is 4.74 Å². The molecule has 0 atom stereocenters. The van der Waals surface area contributed by atoms with Crippen LogP contribution in [-0.4, -0.2) is 22.9 Å². The lowest BCUT2D eigenvalue weighted by Crippen LogP contribution is -2.02. The van der Waals surface area contributed by atoms with E-state index in [9.17, 15) is 4.79 Å². The standard InChI is InChI=1S/C7H9BrN2O2/c1-3-10-6(8)5(4-9-10)7(11)12-2/h4H,3H2,1-2H3. The van der Waals surface area contributed by atoms with Crippen molar-refractivity contribution in [2.24, 2.45) is 0 Å². The number of carbonyl (C=O) groups is 1. The molecule has 0 fully saturated rings. The molecule has 0 aromatic carbocycles. The second-order valence-corrected chi connectivity index (χ2v) is 2.91. The Morgan fingerprint density at radius 3 is 2.92 bits per heavy atom. The maximum absolute atomic E-state index is 11.1. The molecule has 5 heteroatoms. The highest BCUT2D eigenvalue weighted by Crippen LogP contribution is 2.16. The zero-order chi connectivity index (χ0) is 9.14. The van der Waals surface area contributed by atoms with Gasteiger partial charge in [-0.25, -0.2) is 4.79 Å². The molecule has 0 radical (unpaired) electrons. The Balaban J connectivity index is 3.02. The molecule has 0 saturated heterocycles. The number of aryl methyl sites for hydroxylation is 1. The van der Waals surface area contributed by atoms with Crippen molar-refractivity contribution in [2.45, 2.75) is 13.5 Å². The molecular formula is C7H9BrN2O2. The second kappa shape index (κ2) is 3.71. The normalized spacial score (nSPS) is 9.92. The molecule has 0 unspecified atom stereocenters. The van der Waals surface area contributed by atoms with Crippen molar-refractivity contribution in [1.82, 2.24) is 9.78 Å². The zero-order valence-corrected chi connectivity index (χ0v) is 8.46. The summed E-state index contributed by atoms with van der Waals surface area (Å²) in [6.07, 6.45) is 1.49. The minimum absolute atomic E-state index is 0.374. The quantitative estimate of drug-likeness (QED) is 0.726. The van der Waals surface area contributed by atoms with Gasteiger partial charge in [-0.1, -0.05) is 0 Å². The minimum atomic E-state index is -0.374. The Kier molecular flexibility index (Phi) is 2.86. The fourth-order valence-electron chi connectivity index (χ4n) is 0.838. The maximum atomic E-state index is 11.1. The largest absolute Gasteiger partial charge is 0.465 e. The van der Waals surface area contributed by atoms with Gasteiger partial charge in [-0.2, -0.15) is 5.10 Å². The molecule has 0 aliphatic rings. The van der Waals surface area contributed by atoms with Crippen LogP contribution in [0.15, 0.2) is 10.8 Å². The van der Waals surface area contributed by atoms with Gasteiger partial charge in [0.2, 0.25) is 0 Å². The summed E-state index contributed by atoms with van der Waals surface area (Å²) in [5, 5.41) is 3.97. The third kappa shape index (κ3) is 1.50. The molecule has 0 saturated carbocycles. The summed E-state index contributed by atoms with van der Waals surface area (Å²) in [4.78, 5) is 11.1. The Morgan fingerprint density at radius 1 is 1.83 bits per heavy atom. The number of hydrogen-bond acceptors (Lipinski definition) is 3. The molecule has 0 aliphatic heterocycles. The molecule has 4 nitrogen and oxygen atoms in total. The van der Waals surface area contributed by atoms with E-state index in [1.165, 1.54) is 13.3 Å². The maximum Gasteiger partial charge on any atom is 0.342 e. The molecule has 0 spiro atoms. The number of aromatic nitrogens is 2. The van der Waals surface area contributed by atoms with E-state index < -0.39 is 0 Å². The van der Waals surface area contributed by atoms with Crippen molar-refractivity contribution < 1.29 is 9.53 Å². The van der Waals surface area contributed by atoms with Gasteiger partial charge in [-0.3, -0.25) is 4.68 Å². The van der Waals surface area contributed by atoms with Crippen LogP contribution in [0.5, 0.6) is 0 Å². The van der Waals surface area contributed by atoms with E-state index in [1.54, 1.807) is 4.68 Å². The number of ether oxygens (including phenoxy) is 1. The monoisotopic (exact) mass is 232 g/mol. The summed E-state index contributed by atoms with van der Waals surface area (Å²) in [7, 11) is 1.35. The summed E-state index contributed by atoms with van der Waals surface area (Å²) in [5.74, 6) is -0.374. The third-order valence-corrected chi connectivity index (χ3v) is 2.32. The van der Waals surface area contributed by atoms with Crippen LogP contribution < -0.4 is 0 Å². The van der Waals surface area contributed by atoms with E-state index in [4.69, 9.17) is 0 Å². The van der Waals surface area contributed by atoms with Gasteiger partial charge in [-0.05, 0) is 22.9 Å². The first-order valence-corrected chi connectivity index (χ1v) is 4.29. The number of nitrogens with zero attached hydrogens (tertiary/aromatic N) is 2. The lowest BCUT2D eigenvalue weighted by molar-refractivity contribution is 0.0599. The van der Waals surface area contributed by atoms with Gasteiger partial charge in [-0.15, -0.1) is 0 Å². The van der Waals surface area contributed by atoms with Crippen LogP contribution in [0.25, 0.3) is 0 Å². The van der Waals surface area contributed by atoms with E-state index in [0.29, 0.717) is 10.2 Å². The smallest absolute Gasteiger partial charge is 0.342 e.